The molecule has 86 valence electrons. The summed E-state index contributed by atoms with van der Waals surface area (Å²) < 4.78 is 5.03. The molecule has 1 saturated carbocycles. The Labute approximate surface area is 93.9 Å². The number of H-pyrrole nitrogens is 1. The van der Waals surface area contributed by atoms with Crippen molar-refractivity contribution in [3.8, 4) is 0 Å². The van der Waals surface area contributed by atoms with Crippen molar-refractivity contribution in [3.63, 3.8) is 0 Å². The van der Waals surface area contributed by atoms with Gasteiger partial charge >= 0.3 is 5.97 Å². The van der Waals surface area contributed by atoms with E-state index >= 15 is 0 Å². The lowest BCUT2D eigenvalue weighted by molar-refractivity contribution is -0.145. The average molecular weight is 221 g/mol. The van der Waals surface area contributed by atoms with Gasteiger partial charge in [0.1, 0.15) is 5.69 Å². The van der Waals surface area contributed by atoms with Crippen LogP contribution in [0.15, 0.2) is 17.4 Å². The van der Waals surface area contributed by atoms with E-state index in [9.17, 15) is 4.79 Å². The van der Waals surface area contributed by atoms with Crippen molar-refractivity contribution < 1.29 is 9.53 Å². The third-order valence-corrected chi connectivity index (χ3v) is 2.66. The van der Waals surface area contributed by atoms with E-state index in [0.29, 0.717) is 6.61 Å². The molecule has 1 N–H and O–H groups in total. The number of hydrogen-bond donors (Lipinski definition) is 1. The van der Waals surface area contributed by atoms with Crippen molar-refractivity contribution in [2.45, 2.75) is 26.2 Å². The summed E-state index contributed by atoms with van der Waals surface area (Å²) in [6, 6.07) is 0. The molecule has 1 aliphatic rings. The number of rotatable bonds is 3. The van der Waals surface area contributed by atoms with Gasteiger partial charge in [-0.2, -0.15) is 5.10 Å². The van der Waals surface area contributed by atoms with Gasteiger partial charge in [0, 0.05) is 11.9 Å². The highest BCUT2D eigenvalue weighted by Crippen LogP contribution is 2.26. The molecule has 1 unspecified atom stereocenters. The summed E-state index contributed by atoms with van der Waals surface area (Å²) in [5.41, 5.74) is 1.69. The summed E-state index contributed by atoms with van der Waals surface area (Å²) in [5.74, 6) is -0.308. The van der Waals surface area contributed by atoms with E-state index in [2.05, 4.69) is 15.2 Å². The van der Waals surface area contributed by atoms with Gasteiger partial charge in [-0.1, -0.05) is 0 Å². The maximum absolute atomic E-state index is 11.7. The minimum Gasteiger partial charge on any atom is -0.465 e. The zero-order valence-electron chi connectivity index (χ0n) is 9.27. The van der Waals surface area contributed by atoms with Crippen molar-refractivity contribution in [2.24, 2.45) is 10.9 Å². The maximum Gasteiger partial charge on any atom is 0.314 e. The lowest BCUT2D eigenvalue weighted by atomic mass is 10.1. The summed E-state index contributed by atoms with van der Waals surface area (Å²) in [6.45, 7) is 2.24. The minimum absolute atomic E-state index is 0.151. The zero-order chi connectivity index (χ0) is 11.4. The molecule has 0 saturated heterocycles. The quantitative estimate of drug-likeness (QED) is 0.792. The first-order chi connectivity index (χ1) is 7.81. The summed E-state index contributed by atoms with van der Waals surface area (Å²) in [5, 5.41) is 6.52. The molecule has 1 aromatic rings. The molecule has 0 aliphatic heterocycles. The summed E-state index contributed by atoms with van der Waals surface area (Å²) in [4.78, 5) is 16.1. The number of hydrogen-bond acceptors (Lipinski definition) is 4. The van der Waals surface area contributed by atoms with Crippen LogP contribution < -0.4 is 0 Å². The van der Waals surface area contributed by atoms with Crippen molar-refractivity contribution in [1.29, 1.82) is 0 Å². The standard InChI is InChI=1S/C11H15N3O2/c1-2-16-11(15)9-4-3-5-10(9)14-8-6-12-13-7-8/h6-7,9H,2-5H2,1H3,(H,12,13). The van der Waals surface area contributed by atoms with Gasteiger partial charge in [0.25, 0.3) is 0 Å². The number of esters is 1. The average Bonchev–Trinajstić information content (AvgIpc) is 2.90. The highest BCUT2D eigenvalue weighted by molar-refractivity contribution is 6.04. The monoisotopic (exact) mass is 221 g/mol. The first-order valence-corrected chi connectivity index (χ1v) is 5.54. The van der Waals surface area contributed by atoms with Crippen molar-refractivity contribution >= 4 is 17.4 Å². The van der Waals surface area contributed by atoms with Crippen LogP contribution in [0, 0.1) is 5.92 Å². The Hall–Kier alpha value is -1.65. The van der Waals surface area contributed by atoms with Gasteiger partial charge in [-0.15, -0.1) is 0 Å². The van der Waals surface area contributed by atoms with Crippen LogP contribution in [-0.2, 0) is 9.53 Å². The molecule has 0 radical (unpaired) electrons. The van der Waals surface area contributed by atoms with Crippen LogP contribution in [0.1, 0.15) is 26.2 Å². The van der Waals surface area contributed by atoms with Gasteiger partial charge in [-0.3, -0.25) is 14.9 Å². The van der Waals surface area contributed by atoms with Gasteiger partial charge < -0.3 is 4.74 Å². The predicted molar refractivity (Wildman–Crippen MR) is 59.7 cm³/mol. The molecule has 1 atom stereocenters. The van der Waals surface area contributed by atoms with Crippen LogP contribution in [0.4, 0.5) is 5.69 Å². The molecule has 1 heterocycles. The van der Waals surface area contributed by atoms with E-state index in [1.165, 1.54) is 0 Å². The van der Waals surface area contributed by atoms with Crippen LogP contribution in [0.2, 0.25) is 0 Å². The Morgan fingerprint density at radius 3 is 3.31 bits per heavy atom. The van der Waals surface area contributed by atoms with E-state index in [1.807, 2.05) is 6.92 Å². The molecule has 1 aromatic heterocycles. The SMILES string of the molecule is CCOC(=O)C1CCCC1=Nc1cn[nH]c1. The molecule has 5 heteroatoms. The van der Waals surface area contributed by atoms with Crippen LogP contribution in [0.5, 0.6) is 0 Å². The number of nitrogens with one attached hydrogen (secondary N) is 1. The van der Waals surface area contributed by atoms with Crippen LogP contribution >= 0.6 is 0 Å². The molecule has 0 aromatic carbocycles. The molecular formula is C11H15N3O2. The fourth-order valence-corrected chi connectivity index (χ4v) is 1.93. The summed E-state index contributed by atoms with van der Waals surface area (Å²) in [7, 11) is 0. The number of aromatic nitrogens is 2. The molecule has 2 rings (SSSR count). The Balaban J connectivity index is 2.11. The second kappa shape index (κ2) is 4.92. The summed E-state index contributed by atoms with van der Waals surface area (Å²) in [6.07, 6.45) is 6.07. The molecule has 1 aliphatic carbocycles. The van der Waals surface area contributed by atoms with E-state index < -0.39 is 0 Å². The molecule has 0 bridgehead atoms. The molecule has 0 spiro atoms. The van der Waals surface area contributed by atoms with E-state index in [0.717, 1.165) is 30.7 Å². The van der Waals surface area contributed by atoms with Gasteiger partial charge in [0.15, 0.2) is 0 Å². The highest BCUT2D eigenvalue weighted by Gasteiger charge is 2.30. The molecule has 16 heavy (non-hydrogen) atoms. The van der Waals surface area contributed by atoms with Gasteiger partial charge in [-0.25, -0.2) is 0 Å². The fourth-order valence-electron chi connectivity index (χ4n) is 1.93. The first-order valence-electron chi connectivity index (χ1n) is 5.54. The Bertz CT molecular complexity index is 384. The zero-order valence-corrected chi connectivity index (χ0v) is 9.27. The van der Waals surface area contributed by atoms with Crippen molar-refractivity contribution in [3.05, 3.63) is 12.4 Å². The second-order valence-corrected chi connectivity index (χ2v) is 3.76. The Morgan fingerprint density at radius 2 is 2.62 bits per heavy atom. The third kappa shape index (κ3) is 2.29. The molecule has 1 fully saturated rings. The number of aliphatic imine (C=N–C) groups is 1. The van der Waals surface area contributed by atoms with Gasteiger partial charge in [0.05, 0.1) is 18.7 Å². The second-order valence-electron chi connectivity index (χ2n) is 3.76. The predicted octanol–water partition coefficient (Wildman–Crippen LogP) is 1.85. The number of carbonyl (C=O) groups is 1. The topological polar surface area (TPSA) is 67.3 Å². The van der Waals surface area contributed by atoms with E-state index in [1.54, 1.807) is 12.4 Å². The highest BCUT2D eigenvalue weighted by atomic mass is 16.5. The number of ether oxygens (including phenoxy) is 1. The van der Waals surface area contributed by atoms with E-state index in [-0.39, 0.29) is 11.9 Å². The Morgan fingerprint density at radius 1 is 1.75 bits per heavy atom. The number of aromatic amines is 1. The largest absolute Gasteiger partial charge is 0.465 e. The Kier molecular flexibility index (Phi) is 3.34. The van der Waals surface area contributed by atoms with Crippen molar-refractivity contribution in [2.75, 3.05) is 6.61 Å². The lowest BCUT2D eigenvalue weighted by Crippen LogP contribution is -2.21. The van der Waals surface area contributed by atoms with Crippen LogP contribution in [-0.4, -0.2) is 28.5 Å². The minimum atomic E-state index is -0.158. The van der Waals surface area contributed by atoms with Gasteiger partial charge in [0.2, 0.25) is 0 Å². The first kappa shape index (κ1) is 10.9. The fraction of sp³-hybridized carbons (Fsp3) is 0.545. The van der Waals surface area contributed by atoms with Gasteiger partial charge in [-0.05, 0) is 26.2 Å². The molecular weight excluding hydrogens is 206 g/mol. The van der Waals surface area contributed by atoms with Crippen LogP contribution in [0.3, 0.4) is 0 Å². The molecule has 0 amide bonds. The summed E-state index contributed by atoms with van der Waals surface area (Å²) >= 11 is 0. The molecule has 5 nitrogen and oxygen atoms in total. The normalized spacial score (nSPS) is 22.6. The van der Waals surface area contributed by atoms with Crippen LogP contribution in [0.25, 0.3) is 0 Å². The lowest BCUT2D eigenvalue weighted by Gasteiger charge is -2.09. The number of carbonyl (C=O) groups excluding carboxylic acids is 1. The van der Waals surface area contributed by atoms with E-state index in [4.69, 9.17) is 4.74 Å². The maximum atomic E-state index is 11.7. The number of nitrogens with zero attached hydrogens (tertiary/aromatic N) is 2. The smallest absolute Gasteiger partial charge is 0.314 e. The third-order valence-electron chi connectivity index (χ3n) is 2.66. The van der Waals surface area contributed by atoms with Crippen molar-refractivity contribution in [1.82, 2.24) is 10.2 Å².